The van der Waals surface area contributed by atoms with Gasteiger partial charge in [-0.1, -0.05) is 54.6 Å². The maximum absolute atomic E-state index is 10.7. The van der Waals surface area contributed by atoms with Gasteiger partial charge in [0.05, 0.1) is 6.10 Å². The molecule has 1 unspecified atom stereocenters. The lowest BCUT2D eigenvalue weighted by molar-refractivity contribution is 0.132. The van der Waals surface area contributed by atoms with Gasteiger partial charge in [0, 0.05) is 5.41 Å². The van der Waals surface area contributed by atoms with Gasteiger partial charge in [0.2, 0.25) is 0 Å². The Morgan fingerprint density at radius 2 is 1.56 bits per heavy atom. The summed E-state index contributed by atoms with van der Waals surface area (Å²) in [7, 11) is 0. The Hall–Kier alpha value is -1.60. The van der Waals surface area contributed by atoms with Crippen LogP contribution in [0.2, 0.25) is 0 Å². The predicted octanol–water partition coefficient (Wildman–Crippen LogP) is 3.76. The molecule has 92 valence electrons. The van der Waals surface area contributed by atoms with Gasteiger partial charge in [-0.05, 0) is 36.5 Å². The molecule has 1 saturated carbocycles. The molecule has 2 aromatic carbocycles. The Morgan fingerprint density at radius 1 is 0.944 bits per heavy atom. The maximum atomic E-state index is 10.7. The van der Waals surface area contributed by atoms with Crippen LogP contribution < -0.4 is 0 Å². The number of aliphatic hydroxyl groups excluding tert-OH is 1. The maximum Gasteiger partial charge on any atom is 0.0889 e. The van der Waals surface area contributed by atoms with Gasteiger partial charge in [0.15, 0.2) is 0 Å². The Morgan fingerprint density at radius 3 is 2.17 bits per heavy atom. The van der Waals surface area contributed by atoms with Crippen molar-refractivity contribution in [3.05, 3.63) is 71.3 Å². The van der Waals surface area contributed by atoms with E-state index >= 15 is 0 Å². The molecule has 18 heavy (non-hydrogen) atoms. The quantitative estimate of drug-likeness (QED) is 0.863. The topological polar surface area (TPSA) is 20.2 Å². The van der Waals surface area contributed by atoms with Gasteiger partial charge >= 0.3 is 0 Å². The van der Waals surface area contributed by atoms with E-state index in [0.29, 0.717) is 0 Å². The largest absolute Gasteiger partial charge is 0.387 e. The third-order valence-electron chi connectivity index (χ3n) is 4.14. The molecule has 1 aliphatic rings. The van der Waals surface area contributed by atoms with Crippen LogP contribution in [0.25, 0.3) is 0 Å². The molecular weight excluding hydrogens is 220 g/mol. The van der Waals surface area contributed by atoms with Crippen LogP contribution in [-0.4, -0.2) is 5.11 Å². The van der Waals surface area contributed by atoms with Crippen LogP contribution in [0.15, 0.2) is 54.6 Å². The minimum Gasteiger partial charge on any atom is -0.387 e. The first-order valence-electron chi connectivity index (χ1n) is 6.53. The zero-order valence-electron chi connectivity index (χ0n) is 10.6. The zero-order valence-corrected chi connectivity index (χ0v) is 10.6. The molecule has 2 aromatic rings. The summed E-state index contributed by atoms with van der Waals surface area (Å²) in [6.07, 6.45) is 1.76. The Balaban J connectivity index is 1.98. The van der Waals surface area contributed by atoms with E-state index in [0.717, 1.165) is 18.4 Å². The van der Waals surface area contributed by atoms with Gasteiger partial charge < -0.3 is 5.11 Å². The fourth-order valence-corrected chi connectivity index (χ4v) is 2.82. The number of hydrogen-bond acceptors (Lipinski definition) is 1. The minimum atomic E-state index is -0.388. The van der Waals surface area contributed by atoms with Crippen molar-refractivity contribution in [2.75, 3.05) is 0 Å². The van der Waals surface area contributed by atoms with Gasteiger partial charge in [0.25, 0.3) is 0 Å². The van der Waals surface area contributed by atoms with Crippen LogP contribution in [0.4, 0.5) is 0 Å². The number of rotatable bonds is 3. The fraction of sp³-hybridized carbons (Fsp3) is 0.294. The van der Waals surface area contributed by atoms with Crippen molar-refractivity contribution in [3.8, 4) is 0 Å². The van der Waals surface area contributed by atoms with E-state index in [4.69, 9.17) is 0 Å². The first kappa shape index (κ1) is 11.5. The lowest BCUT2D eigenvalue weighted by atomic mass is 9.84. The third-order valence-corrected chi connectivity index (χ3v) is 4.14. The van der Waals surface area contributed by atoms with E-state index in [9.17, 15) is 5.11 Å². The highest BCUT2D eigenvalue weighted by molar-refractivity contribution is 5.39. The molecular formula is C17H18O. The Labute approximate surface area is 108 Å². The van der Waals surface area contributed by atoms with Crippen molar-refractivity contribution in [2.45, 2.75) is 31.3 Å². The van der Waals surface area contributed by atoms with E-state index in [1.807, 2.05) is 24.3 Å². The summed E-state index contributed by atoms with van der Waals surface area (Å²) in [5.74, 6) is 0. The smallest absolute Gasteiger partial charge is 0.0889 e. The van der Waals surface area contributed by atoms with Gasteiger partial charge in [-0.15, -0.1) is 0 Å². The summed E-state index contributed by atoms with van der Waals surface area (Å²) in [4.78, 5) is 0. The summed E-state index contributed by atoms with van der Waals surface area (Å²) < 4.78 is 0. The van der Waals surface area contributed by atoms with Crippen molar-refractivity contribution in [3.63, 3.8) is 0 Å². The van der Waals surface area contributed by atoms with E-state index in [1.165, 1.54) is 11.1 Å². The molecule has 0 aliphatic heterocycles. The van der Waals surface area contributed by atoms with Crippen LogP contribution in [-0.2, 0) is 5.41 Å². The predicted molar refractivity (Wildman–Crippen MR) is 73.5 cm³/mol. The molecule has 1 aliphatic carbocycles. The van der Waals surface area contributed by atoms with Crippen LogP contribution in [0.3, 0.4) is 0 Å². The average Bonchev–Trinajstić information content (AvgIpc) is 3.21. The van der Waals surface area contributed by atoms with Crippen molar-refractivity contribution >= 4 is 0 Å². The third kappa shape index (κ3) is 1.75. The van der Waals surface area contributed by atoms with Crippen molar-refractivity contribution in [2.24, 2.45) is 0 Å². The number of hydrogen-bond donors (Lipinski definition) is 1. The highest BCUT2D eigenvalue weighted by Gasteiger charge is 2.50. The summed E-state index contributed by atoms with van der Waals surface area (Å²) >= 11 is 0. The SMILES string of the molecule is Cc1ccccc1C(O)C1(c2ccccc2)CC1. The van der Waals surface area contributed by atoms with Crippen molar-refractivity contribution in [1.82, 2.24) is 0 Å². The molecule has 0 bridgehead atoms. The summed E-state index contributed by atoms with van der Waals surface area (Å²) in [6.45, 7) is 2.07. The molecule has 0 amide bonds. The van der Waals surface area contributed by atoms with E-state index in [-0.39, 0.29) is 11.5 Å². The molecule has 1 nitrogen and oxygen atoms in total. The van der Waals surface area contributed by atoms with Crippen LogP contribution >= 0.6 is 0 Å². The molecule has 1 fully saturated rings. The van der Waals surface area contributed by atoms with Crippen molar-refractivity contribution in [1.29, 1.82) is 0 Å². The zero-order chi connectivity index (χ0) is 12.6. The molecule has 0 aromatic heterocycles. The molecule has 1 heteroatoms. The normalized spacial score (nSPS) is 18.3. The second-order valence-corrected chi connectivity index (χ2v) is 5.28. The summed E-state index contributed by atoms with van der Waals surface area (Å²) in [6, 6.07) is 18.5. The highest BCUT2D eigenvalue weighted by atomic mass is 16.3. The van der Waals surface area contributed by atoms with Gasteiger partial charge in [0.1, 0.15) is 0 Å². The molecule has 0 heterocycles. The van der Waals surface area contributed by atoms with Crippen LogP contribution in [0, 0.1) is 6.92 Å². The standard InChI is InChI=1S/C17H18O/c1-13-7-5-6-10-15(13)16(18)17(11-12-17)14-8-3-2-4-9-14/h2-10,16,18H,11-12H2,1H3. The molecule has 0 radical (unpaired) electrons. The molecule has 0 spiro atoms. The average molecular weight is 238 g/mol. The monoisotopic (exact) mass is 238 g/mol. The first-order valence-corrected chi connectivity index (χ1v) is 6.53. The molecule has 1 atom stereocenters. The summed E-state index contributed by atoms with van der Waals surface area (Å²) in [5.41, 5.74) is 3.46. The van der Waals surface area contributed by atoms with Crippen molar-refractivity contribution < 1.29 is 5.11 Å². The molecule has 1 N–H and O–H groups in total. The van der Waals surface area contributed by atoms with E-state index in [1.54, 1.807) is 0 Å². The Kier molecular flexibility index (Phi) is 2.71. The second-order valence-electron chi connectivity index (χ2n) is 5.28. The summed E-state index contributed by atoms with van der Waals surface area (Å²) in [5, 5.41) is 10.7. The lowest BCUT2D eigenvalue weighted by Crippen LogP contribution is -2.19. The van der Waals surface area contributed by atoms with Gasteiger partial charge in [-0.3, -0.25) is 0 Å². The Bertz CT molecular complexity index is 541. The fourth-order valence-electron chi connectivity index (χ4n) is 2.82. The number of benzene rings is 2. The van der Waals surface area contributed by atoms with E-state index < -0.39 is 0 Å². The van der Waals surface area contributed by atoms with Crippen LogP contribution in [0.5, 0.6) is 0 Å². The minimum absolute atomic E-state index is 0.0482. The van der Waals surface area contributed by atoms with E-state index in [2.05, 4.69) is 37.3 Å². The molecule has 3 rings (SSSR count). The second kappa shape index (κ2) is 4.25. The van der Waals surface area contributed by atoms with Crippen LogP contribution in [0.1, 0.15) is 35.6 Å². The highest BCUT2D eigenvalue weighted by Crippen LogP contribution is 2.56. The van der Waals surface area contributed by atoms with Gasteiger partial charge in [-0.2, -0.15) is 0 Å². The number of aliphatic hydroxyl groups is 1. The number of aryl methyl sites for hydroxylation is 1. The lowest BCUT2D eigenvalue weighted by Gasteiger charge is -2.24. The first-order chi connectivity index (χ1) is 8.74. The van der Waals surface area contributed by atoms with Gasteiger partial charge in [-0.25, -0.2) is 0 Å². The molecule has 0 saturated heterocycles.